The maximum Gasteiger partial charge on any atom is 0.263 e. The van der Waals surface area contributed by atoms with Gasteiger partial charge in [-0.1, -0.05) is 26.0 Å². The number of amides is 1. The molecule has 1 amide bonds. The summed E-state index contributed by atoms with van der Waals surface area (Å²) in [5.74, 6) is 2.28. The molecule has 0 aliphatic carbocycles. The first-order chi connectivity index (χ1) is 11.5. The Balaban J connectivity index is 1.68. The van der Waals surface area contributed by atoms with Crippen LogP contribution in [0.25, 0.3) is 10.4 Å². The Bertz CT molecular complexity index is 785. The minimum absolute atomic E-state index is 0.183. The highest BCUT2D eigenvalue weighted by Gasteiger charge is 2.29. The van der Waals surface area contributed by atoms with Gasteiger partial charge < -0.3 is 9.64 Å². The van der Waals surface area contributed by atoms with Crippen LogP contribution in [0.5, 0.6) is 5.75 Å². The van der Waals surface area contributed by atoms with Gasteiger partial charge in [-0.2, -0.15) is 0 Å². The van der Waals surface area contributed by atoms with Gasteiger partial charge in [0.1, 0.15) is 12.4 Å². The largest absolute Gasteiger partial charge is 0.488 e. The van der Waals surface area contributed by atoms with Crippen LogP contribution in [-0.2, 0) is 6.61 Å². The summed E-state index contributed by atoms with van der Waals surface area (Å²) in [6.45, 7) is 8.89. The summed E-state index contributed by atoms with van der Waals surface area (Å²) in [5.41, 5.74) is 3.50. The molecule has 3 nitrogen and oxygen atoms in total. The number of rotatable bonds is 1. The number of benzene rings is 1. The van der Waals surface area contributed by atoms with E-state index in [2.05, 4.69) is 26.8 Å². The van der Waals surface area contributed by atoms with Crippen LogP contribution in [0.1, 0.15) is 41.1 Å². The van der Waals surface area contributed by atoms with Crippen LogP contribution in [0.4, 0.5) is 0 Å². The number of hydrogen-bond donors (Lipinski definition) is 0. The Hall–Kier alpha value is -1.81. The van der Waals surface area contributed by atoms with E-state index in [1.54, 1.807) is 11.3 Å². The average molecular weight is 341 g/mol. The molecule has 2 aromatic rings. The highest BCUT2D eigenvalue weighted by Crippen LogP contribution is 2.44. The van der Waals surface area contributed by atoms with E-state index in [9.17, 15) is 4.79 Å². The molecule has 126 valence electrons. The second kappa shape index (κ2) is 5.92. The molecule has 4 rings (SSSR count). The molecule has 1 aromatic carbocycles. The van der Waals surface area contributed by atoms with Gasteiger partial charge in [0.2, 0.25) is 0 Å². The molecule has 24 heavy (non-hydrogen) atoms. The molecule has 1 fully saturated rings. The van der Waals surface area contributed by atoms with Crippen molar-refractivity contribution in [2.45, 2.75) is 33.8 Å². The van der Waals surface area contributed by atoms with Crippen molar-refractivity contribution in [1.29, 1.82) is 0 Å². The van der Waals surface area contributed by atoms with Gasteiger partial charge in [0, 0.05) is 29.1 Å². The summed E-state index contributed by atoms with van der Waals surface area (Å²) in [5, 5.41) is 0. The molecule has 1 saturated heterocycles. The number of carbonyl (C=O) groups excluding carboxylic acids is 1. The number of nitrogens with zero attached hydrogens (tertiary/aromatic N) is 1. The number of fused-ring (bicyclic) bond motifs is 3. The number of hydrogen-bond acceptors (Lipinski definition) is 3. The Morgan fingerprint density at radius 3 is 2.75 bits per heavy atom. The molecular weight excluding hydrogens is 318 g/mol. The predicted molar refractivity (Wildman–Crippen MR) is 97.7 cm³/mol. The third-order valence-corrected chi connectivity index (χ3v) is 6.20. The van der Waals surface area contributed by atoms with Crippen molar-refractivity contribution in [2.75, 3.05) is 13.1 Å². The fraction of sp³-hybridized carbons (Fsp3) is 0.450. The Kier molecular flexibility index (Phi) is 3.87. The van der Waals surface area contributed by atoms with Crippen molar-refractivity contribution in [3.05, 3.63) is 40.3 Å². The van der Waals surface area contributed by atoms with Crippen molar-refractivity contribution in [2.24, 2.45) is 11.8 Å². The predicted octanol–water partition coefficient (Wildman–Crippen LogP) is 4.73. The summed E-state index contributed by atoms with van der Waals surface area (Å²) in [4.78, 5) is 17.1. The fourth-order valence-corrected chi connectivity index (χ4v) is 5.30. The first-order valence-corrected chi connectivity index (χ1v) is 9.49. The second-order valence-corrected chi connectivity index (χ2v) is 8.41. The summed E-state index contributed by atoms with van der Waals surface area (Å²) in [7, 11) is 0. The number of thiophene rings is 1. The zero-order chi connectivity index (χ0) is 16.8. The van der Waals surface area contributed by atoms with Gasteiger partial charge in [0.25, 0.3) is 5.91 Å². The van der Waals surface area contributed by atoms with Gasteiger partial charge in [0.05, 0.1) is 4.88 Å². The summed E-state index contributed by atoms with van der Waals surface area (Å²) < 4.78 is 5.89. The molecule has 0 N–H and O–H groups in total. The third kappa shape index (κ3) is 2.63. The molecule has 0 spiro atoms. The lowest BCUT2D eigenvalue weighted by atomic mass is 9.92. The maximum absolute atomic E-state index is 13.0. The average Bonchev–Trinajstić information content (AvgIpc) is 2.97. The van der Waals surface area contributed by atoms with Crippen LogP contribution in [0.3, 0.4) is 0 Å². The van der Waals surface area contributed by atoms with E-state index in [-0.39, 0.29) is 5.91 Å². The van der Waals surface area contributed by atoms with Crippen LogP contribution >= 0.6 is 11.3 Å². The third-order valence-electron chi connectivity index (χ3n) is 5.02. The van der Waals surface area contributed by atoms with Gasteiger partial charge in [0.15, 0.2) is 0 Å². The van der Waals surface area contributed by atoms with Crippen LogP contribution in [0, 0.1) is 18.8 Å². The molecule has 3 heterocycles. The maximum atomic E-state index is 13.0. The van der Waals surface area contributed by atoms with Crippen molar-refractivity contribution in [3.63, 3.8) is 0 Å². The van der Waals surface area contributed by atoms with Gasteiger partial charge >= 0.3 is 0 Å². The Labute approximate surface area is 147 Å². The first kappa shape index (κ1) is 15.7. The number of piperidine rings is 1. The zero-order valence-electron chi connectivity index (χ0n) is 14.5. The Morgan fingerprint density at radius 1 is 1.25 bits per heavy atom. The monoisotopic (exact) mass is 341 g/mol. The van der Waals surface area contributed by atoms with Crippen LogP contribution in [0.15, 0.2) is 24.3 Å². The van der Waals surface area contributed by atoms with Crippen LogP contribution in [-0.4, -0.2) is 23.9 Å². The van der Waals surface area contributed by atoms with Crippen LogP contribution < -0.4 is 4.74 Å². The highest BCUT2D eigenvalue weighted by atomic mass is 32.1. The van der Waals surface area contributed by atoms with Crippen molar-refractivity contribution < 1.29 is 9.53 Å². The molecule has 0 bridgehead atoms. The molecule has 0 saturated carbocycles. The van der Waals surface area contributed by atoms with Crippen LogP contribution in [0.2, 0.25) is 0 Å². The summed E-state index contributed by atoms with van der Waals surface area (Å²) in [6.07, 6.45) is 1.21. The molecule has 2 atom stereocenters. The standard InChI is InChI=1S/C20H23NO2S/c1-12-7-13(2)10-21(9-12)20(22)17-8-15-11-23-16-6-4-5-14(3)18(16)19(15)24-17/h4-6,8,12-13H,7,9-11H2,1-3H3/t12-,13-/m0/s1. The van der Waals surface area contributed by atoms with Crippen molar-refractivity contribution in [3.8, 4) is 16.2 Å². The summed E-state index contributed by atoms with van der Waals surface area (Å²) >= 11 is 1.63. The van der Waals surface area contributed by atoms with Gasteiger partial charge in [-0.3, -0.25) is 4.79 Å². The van der Waals surface area contributed by atoms with Gasteiger partial charge in [-0.15, -0.1) is 11.3 Å². The lowest BCUT2D eigenvalue weighted by molar-refractivity contribution is 0.0628. The van der Waals surface area contributed by atoms with Crippen molar-refractivity contribution >= 4 is 17.2 Å². The summed E-state index contributed by atoms with van der Waals surface area (Å²) in [6, 6.07) is 8.18. The minimum Gasteiger partial charge on any atom is -0.488 e. The van der Waals surface area contributed by atoms with Gasteiger partial charge in [-0.05, 0) is 42.9 Å². The van der Waals surface area contributed by atoms with E-state index in [1.165, 1.54) is 16.9 Å². The SMILES string of the molecule is Cc1cccc2c1-c1sc(C(=O)N3C[C@@H](C)C[C@H](C)C3)cc1CO2. The molecular formula is C20H23NO2S. The molecule has 0 radical (unpaired) electrons. The number of carbonyl (C=O) groups is 1. The van der Waals surface area contributed by atoms with Crippen molar-refractivity contribution in [1.82, 2.24) is 4.90 Å². The van der Waals surface area contributed by atoms with E-state index in [1.807, 2.05) is 23.1 Å². The first-order valence-electron chi connectivity index (χ1n) is 8.67. The van der Waals surface area contributed by atoms with E-state index < -0.39 is 0 Å². The quantitative estimate of drug-likeness (QED) is 0.750. The van der Waals surface area contributed by atoms with E-state index in [4.69, 9.17) is 4.74 Å². The second-order valence-electron chi connectivity index (χ2n) is 7.36. The fourth-order valence-electron chi connectivity index (χ4n) is 4.05. The number of likely N-dealkylation sites (tertiary alicyclic amines) is 1. The number of aryl methyl sites for hydroxylation is 1. The smallest absolute Gasteiger partial charge is 0.263 e. The van der Waals surface area contributed by atoms with E-state index >= 15 is 0 Å². The molecule has 0 unspecified atom stereocenters. The number of ether oxygens (including phenoxy) is 1. The molecule has 1 aromatic heterocycles. The lowest BCUT2D eigenvalue weighted by Gasteiger charge is -2.34. The zero-order valence-corrected chi connectivity index (χ0v) is 15.3. The molecule has 4 heteroatoms. The van der Waals surface area contributed by atoms with E-state index in [0.29, 0.717) is 18.4 Å². The lowest BCUT2D eigenvalue weighted by Crippen LogP contribution is -2.42. The minimum atomic E-state index is 0.183. The Morgan fingerprint density at radius 2 is 2.00 bits per heavy atom. The topological polar surface area (TPSA) is 29.5 Å². The molecule has 2 aliphatic rings. The normalized spacial score (nSPS) is 22.5. The highest BCUT2D eigenvalue weighted by molar-refractivity contribution is 7.17. The van der Waals surface area contributed by atoms with E-state index in [0.717, 1.165) is 34.8 Å². The molecule has 2 aliphatic heterocycles. The van der Waals surface area contributed by atoms with Gasteiger partial charge in [-0.25, -0.2) is 0 Å².